The van der Waals surface area contributed by atoms with Crippen LogP contribution in [0, 0.1) is 0 Å². The number of carbonyl (C=O) groups is 1. The first-order chi connectivity index (χ1) is 10.1. The molecule has 0 fully saturated rings. The lowest BCUT2D eigenvalue weighted by Gasteiger charge is -2.05. The van der Waals surface area contributed by atoms with Crippen LogP contribution in [0.15, 0.2) is 27.4 Å². The number of nitrogens with two attached hydrogens (primary N) is 1. The molecule has 1 amide bonds. The van der Waals surface area contributed by atoms with Gasteiger partial charge in [0, 0.05) is 19.2 Å². The Hall–Kier alpha value is -1.79. The Morgan fingerprint density at radius 3 is 2.73 bits per heavy atom. The van der Waals surface area contributed by atoms with E-state index in [0.717, 1.165) is 25.7 Å². The maximum Gasteiger partial charge on any atom is 0.419 e. The topological polar surface area (TPSA) is 90.3 Å². The zero-order chi connectivity index (χ0) is 15.2. The van der Waals surface area contributed by atoms with E-state index in [1.54, 1.807) is 25.2 Å². The number of oxazole rings is 1. The maximum atomic E-state index is 11.8. The molecule has 0 aliphatic carbocycles. The predicted octanol–water partition coefficient (Wildman–Crippen LogP) is 2.40. The summed E-state index contributed by atoms with van der Waals surface area (Å²) in [4.78, 5) is 23.2. The van der Waals surface area contributed by atoms with Gasteiger partial charge in [-0.25, -0.2) is 4.79 Å². The first kappa shape index (κ1) is 18.3. The number of amides is 1. The maximum absolute atomic E-state index is 11.8. The van der Waals surface area contributed by atoms with E-state index in [1.807, 2.05) is 0 Å². The highest BCUT2D eigenvalue weighted by atomic mass is 35.5. The molecule has 2 aromatic rings. The van der Waals surface area contributed by atoms with Crippen LogP contribution in [0.3, 0.4) is 0 Å². The molecule has 1 aromatic carbocycles. The number of aryl methyl sites for hydroxylation is 1. The number of anilines is 1. The van der Waals surface area contributed by atoms with Gasteiger partial charge in [0.1, 0.15) is 0 Å². The monoisotopic (exact) mass is 327 g/mol. The van der Waals surface area contributed by atoms with Gasteiger partial charge in [-0.2, -0.15) is 0 Å². The van der Waals surface area contributed by atoms with Crippen molar-refractivity contribution in [1.82, 2.24) is 4.57 Å². The van der Waals surface area contributed by atoms with Crippen molar-refractivity contribution < 1.29 is 9.21 Å². The van der Waals surface area contributed by atoms with E-state index in [0.29, 0.717) is 29.8 Å². The zero-order valence-corrected chi connectivity index (χ0v) is 13.4. The molecule has 3 N–H and O–H groups in total. The molecule has 0 radical (unpaired) electrons. The quantitative estimate of drug-likeness (QED) is 0.764. The highest BCUT2D eigenvalue weighted by molar-refractivity contribution is 5.92. The third-order valence-corrected chi connectivity index (χ3v) is 3.43. The fourth-order valence-corrected chi connectivity index (χ4v) is 2.21. The second-order valence-corrected chi connectivity index (χ2v) is 5.11. The predicted molar refractivity (Wildman–Crippen MR) is 89.5 cm³/mol. The minimum absolute atomic E-state index is 0. The summed E-state index contributed by atoms with van der Waals surface area (Å²) >= 11 is 0. The lowest BCUT2D eigenvalue weighted by Crippen LogP contribution is -2.11. The van der Waals surface area contributed by atoms with Gasteiger partial charge < -0.3 is 15.5 Å². The van der Waals surface area contributed by atoms with E-state index in [1.165, 1.54) is 4.57 Å². The van der Waals surface area contributed by atoms with Crippen molar-refractivity contribution in [2.75, 3.05) is 11.9 Å². The van der Waals surface area contributed by atoms with Gasteiger partial charge in [-0.1, -0.05) is 12.8 Å². The largest absolute Gasteiger partial charge is 0.419 e. The van der Waals surface area contributed by atoms with Crippen molar-refractivity contribution in [3.63, 3.8) is 0 Å². The highest BCUT2D eigenvalue weighted by Gasteiger charge is 2.08. The Balaban J connectivity index is 0.00000242. The number of nitrogens with zero attached hydrogens (tertiary/aromatic N) is 1. The van der Waals surface area contributed by atoms with Gasteiger partial charge in [0.05, 0.1) is 5.52 Å². The van der Waals surface area contributed by atoms with Crippen LogP contribution in [-0.2, 0) is 11.8 Å². The molecule has 0 aliphatic rings. The van der Waals surface area contributed by atoms with E-state index < -0.39 is 5.76 Å². The Kier molecular flexibility index (Phi) is 7.14. The smallest absolute Gasteiger partial charge is 0.408 e. The van der Waals surface area contributed by atoms with Gasteiger partial charge in [0.25, 0.3) is 0 Å². The number of carbonyl (C=O) groups excluding carboxylic acids is 1. The molecule has 1 aromatic heterocycles. The molecule has 122 valence electrons. The van der Waals surface area contributed by atoms with Crippen LogP contribution in [0.5, 0.6) is 0 Å². The molecular formula is C15H22ClN3O3. The molecule has 0 unspecified atom stereocenters. The molecule has 7 heteroatoms. The molecular weight excluding hydrogens is 306 g/mol. The molecule has 2 rings (SSSR count). The van der Waals surface area contributed by atoms with Gasteiger partial charge in [0.15, 0.2) is 5.58 Å². The normalized spacial score (nSPS) is 10.5. The van der Waals surface area contributed by atoms with Crippen molar-refractivity contribution in [3.8, 4) is 0 Å². The van der Waals surface area contributed by atoms with E-state index in [-0.39, 0.29) is 18.3 Å². The summed E-state index contributed by atoms with van der Waals surface area (Å²) in [5.41, 5.74) is 7.28. The van der Waals surface area contributed by atoms with Crippen molar-refractivity contribution in [2.24, 2.45) is 12.8 Å². The van der Waals surface area contributed by atoms with Crippen LogP contribution in [0.2, 0.25) is 0 Å². The van der Waals surface area contributed by atoms with Crippen molar-refractivity contribution in [3.05, 3.63) is 28.7 Å². The zero-order valence-electron chi connectivity index (χ0n) is 12.6. The summed E-state index contributed by atoms with van der Waals surface area (Å²) in [5, 5.41) is 2.84. The van der Waals surface area contributed by atoms with E-state index in [4.69, 9.17) is 10.2 Å². The molecule has 0 saturated heterocycles. The van der Waals surface area contributed by atoms with Crippen molar-refractivity contribution in [2.45, 2.75) is 32.1 Å². The summed E-state index contributed by atoms with van der Waals surface area (Å²) in [6.07, 6.45) is 4.44. The Labute approximate surface area is 135 Å². The molecule has 0 atom stereocenters. The Bertz CT molecular complexity index is 678. The van der Waals surface area contributed by atoms with Gasteiger partial charge in [0.2, 0.25) is 5.91 Å². The molecule has 0 spiro atoms. The van der Waals surface area contributed by atoms with Crippen molar-refractivity contribution in [1.29, 1.82) is 0 Å². The number of fused-ring (bicyclic) bond motifs is 1. The van der Waals surface area contributed by atoms with Crippen LogP contribution in [0.4, 0.5) is 5.69 Å². The minimum atomic E-state index is -0.409. The van der Waals surface area contributed by atoms with Crippen LogP contribution in [0.1, 0.15) is 32.1 Å². The summed E-state index contributed by atoms with van der Waals surface area (Å²) in [5.74, 6) is -0.427. The molecule has 22 heavy (non-hydrogen) atoms. The number of hydrogen-bond donors (Lipinski definition) is 2. The van der Waals surface area contributed by atoms with Gasteiger partial charge >= 0.3 is 5.76 Å². The third kappa shape index (κ3) is 4.61. The third-order valence-electron chi connectivity index (χ3n) is 3.43. The van der Waals surface area contributed by atoms with Crippen molar-refractivity contribution >= 4 is 35.1 Å². The Morgan fingerprint density at radius 2 is 2.00 bits per heavy atom. The second-order valence-electron chi connectivity index (χ2n) is 5.11. The number of unbranched alkanes of at least 4 members (excludes halogenated alkanes) is 3. The summed E-state index contributed by atoms with van der Waals surface area (Å²) in [6, 6.07) is 5.16. The standard InChI is InChI=1S/C15H21N3O3.ClH/c1-18-12-10-11(7-8-13(12)21-15(18)20)17-14(19)6-4-2-3-5-9-16;/h7-8,10H,2-6,9,16H2,1H3,(H,17,19);1H. The Morgan fingerprint density at radius 1 is 1.27 bits per heavy atom. The fourth-order valence-electron chi connectivity index (χ4n) is 2.21. The highest BCUT2D eigenvalue weighted by Crippen LogP contribution is 2.18. The SMILES string of the molecule is Cl.Cn1c(=O)oc2ccc(NC(=O)CCCCCCN)cc21. The van der Waals surface area contributed by atoms with E-state index in [2.05, 4.69) is 5.32 Å². The van der Waals surface area contributed by atoms with Crippen LogP contribution in [-0.4, -0.2) is 17.0 Å². The molecule has 6 nitrogen and oxygen atoms in total. The van der Waals surface area contributed by atoms with Gasteiger partial charge in [-0.3, -0.25) is 9.36 Å². The minimum Gasteiger partial charge on any atom is -0.408 e. The van der Waals surface area contributed by atoms with Gasteiger partial charge in [-0.05, 0) is 37.6 Å². The second kappa shape index (κ2) is 8.60. The van der Waals surface area contributed by atoms with E-state index >= 15 is 0 Å². The summed E-state index contributed by atoms with van der Waals surface area (Å²) in [7, 11) is 1.64. The number of aromatic nitrogens is 1. The average Bonchev–Trinajstić information content (AvgIpc) is 2.74. The lowest BCUT2D eigenvalue weighted by molar-refractivity contribution is -0.116. The van der Waals surface area contributed by atoms with Crippen LogP contribution < -0.4 is 16.8 Å². The van der Waals surface area contributed by atoms with Crippen LogP contribution >= 0.6 is 12.4 Å². The number of halogens is 1. The molecule has 0 bridgehead atoms. The lowest BCUT2D eigenvalue weighted by atomic mass is 10.1. The molecule has 1 heterocycles. The first-order valence-electron chi connectivity index (χ1n) is 7.21. The fraction of sp³-hybridized carbons (Fsp3) is 0.467. The van der Waals surface area contributed by atoms with E-state index in [9.17, 15) is 9.59 Å². The van der Waals surface area contributed by atoms with Gasteiger partial charge in [-0.15, -0.1) is 12.4 Å². The summed E-state index contributed by atoms with van der Waals surface area (Å²) in [6.45, 7) is 0.704. The molecule has 0 aliphatic heterocycles. The number of nitrogens with one attached hydrogen (secondary N) is 1. The average molecular weight is 328 g/mol. The number of benzene rings is 1. The first-order valence-corrected chi connectivity index (χ1v) is 7.21. The number of hydrogen-bond acceptors (Lipinski definition) is 4. The molecule has 0 saturated carbocycles. The van der Waals surface area contributed by atoms with Crippen LogP contribution in [0.25, 0.3) is 11.1 Å². The number of rotatable bonds is 7. The summed E-state index contributed by atoms with van der Waals surface area (Å²) < 4.78 is 6.46.